The lowest BCUT2D eigenvalue weighted by Crippen LogP contribution is -2.29. The first-order valence-corrected chi connectivity index (χ1v) is 8.63. The molecule has 1 aromatic carbocycles. The quantitative estimate of drug-likeness (QED) is 0.650. The van der Waals surface area contributed by atoms with Gasteiger partial charge in [-0.05, 0) is 31.2 Å². The molecule has 3 aromatic rings. The molecule has 0 aliphatic carbocycles. The van der Waals surface area contributed by atoms with Crippen LogP contribution in [0.5, 0.6) is 5.75 Å². The van der Waals surface area contributed by atoms with Crippen LogP contribution in [0.4, 0.5) is 8.78 Å². The molecule has 1 atom stereocenters. The number of amides is 1. The number of carbonyl (C=O) groups excluding carboxylic acids is 1. The Hall–Kier alpha value is -3.34. The number of aryl methyl sites for hydroxylation is 1. The minimum absolute atomic E-state index is 0.0336. The van der Waals surface area contributed by atoms with Gasteiger partial charge >= 0.3 is 6.61 Å². The molecule has 0 radical (unpaired) electrons. The topological polar surface area (TPSA) is 104 Å². The summed E-state index contributed by atoms with van der Waals surface area (Å²) in [6.07, 6.45) is 1.28. The predicted octanol–water partition coefficient (Wildman–Crippen LogP) is 2.11. The second kappa shape index (κ2) is 8.35. The first kappa shape index (κ1) is 20.4. The van der Waals surface area contributed by atoms with Crippen LogP contribution in [0, 0.1) is 0 Å². The number of halogens is 3. The van der Waals surface area contributed by atoms with Crippen molar-refractivity contribution in [2.45, 2.75) is 19.6 Å². The summed E-state index contributed by atoms with van der Waals surface area (Å²) in [7, 11) is 1.49. The third-order valence-electron chi connectivity index (χ3n) is 3.83. The van der Waals surface area contributed by atoms with Crippen molar-refractivity contribution in [3.63, 3.8) is 0 Å². The van der Waals surface area contributed by atoms with E-state index in [9.17, 15) is 18.4 Å². The summed E-state index contributed by atoms with van der Waals surface area (Å²) in [5, 5.41) is 10.9. The molecule has 0 saturated heterocycles. The summed E-state index contributed by atoms with van der Waals surface area (Å²) < 4.78 is 31.7. The summed E-state index contributed by atoms with van der Waals surface area (Å²) in [6, 6.07) is 5.81. The van der Waals surface area contributed by atoms with E-state index in [1.54, 1.807) is 6.92 Å². The van der Waals surface area contributed by atoms with Crippen molar-refractivity contribution in [2.24, 2.45) is 7.05 Å². The van der Waals surface area contributed by atoms with E-state index in [2.05, 4.69) is 25.2 Å². The summed E-state index contributed by atoms with van der Waals surface area (Å²) >= 11 is 5.88. The highest BCUT2D eigenvalue weighted by molar-refractivity contribution is 6.31. The molecule has 2 aromatic heterocycles. The Morgan fingerprint density at radius 3 is 2.72 bits per heavy atom. The molecule has 29 heavy (non-hydrogen) atoms. The van der Waals surface area contributed by atoms with Gasteiger partial charge in [-0.1, -0.05) is 11.6 Å². The SMILES string of the molecule is C[C@H](NC(=O)c1cc(Cl)cc(OC(F)F)c1)c1ncnn1-c1ccc(=O)n(C)n1. The van der Waals surface area contributed by atoms with E-state index in [1.807, 2.05) is 0 Å². The third-order valence-corrected chi connectivity index (χ3v) is 4.05. The molecule has 0 saturated carbocycles. The normalized spacial score (nSPS) is 12.1. The van der Waals surface area contributed by atoms with Gasteiger partial charge in [0, 0.05) is 23.7 Å². The highest BCUT2D eigenvalue weighted by atomic mass is 35.5. The number of benzene rings is 1. The van der Waals surface area contributed by atoms with Gasteiger partial charge in [-0.15, -0.1) is 5.10 Å². The number of ether oxygens (including phenoxy) is 1. The Morgan fingerprint density at radius 1 is 1.28 bits per heavy atom. The number of hydrogen-bond acceptors (Lipinski definition) is 6. The van der Waals surface area contributed by atoms with Crippen molar-refractivity contribution in [1.29, 1.82) is 0 Å². The zero-order chi connectivity index (χ0) is 21.1. The van der Waals surface area contributed by atoms with Crippen LogP contribution in [-0.2, 0) is 7.05 Å². The van der Waals surface area contributed by atoms with E-state index in [-0.39, 0.29) is 21.9 Å². The fraction of sp³-hybridized carbons (Fsp3) is 0.235. The smallest absolute Gasteiger partial charge is 0.387 e. The maximum Gasteiger partial charge on any atom is 0.387 e. The number of nitrogens with zero attached hydrogens (tertiary/aromatic N) is 5. The van der Waals surface area contributed by atoms with Crippen LogP contribution in [0.25, 0.3) is 5.82 Å². The van der Waals surface area contributed by atoms with Gasteiger partial charge in [0.1, 0.15) is 12.1 Å². The van der Waals surface area contributed by atoms with Gasteiger partial charge in [0.2, 0.25) is 0 Å². The number of carbonyl (C=O) groups is 1. The molecule has 0 aliphatic rings. The van der Waals surface area contributed by atoms with Crippen molar-refractivity contribution < 1.29 is 18.3 Å². The Labute approximate surface area is 167 Å². The van der Waals surface area contributed by atoms with E-state index in [0.29, 0.717) is 11.6 Å². The number of aromatic nitrogens is 5. The van der Waals surface area contributed by atoms with Crippen molar-refractivity contribution >= 4 is 17.5 Å². The van der Waals surface area contributed by atoms with Crippen molar-refractivity contribution in [3.05, 3.63) is 63.4 Å². The van der Waals surface area contributed by atoms with E-state index < -0.39 is 18.6 Å². The molecule has 0 fully saturated rings. The van der Waals surface area contributed by atoms with E-state index in [1.165, 1.54) is 42.3 Å². The molecule has 1 N–H and O–H groups in total. The number of hydrogen-bond donors (Lipinski definition) is 1. The largest absolute Gasteiger partial charge is 0.435 e. The summed E-state index contributed by atoms with van der Waals surface area (Å²) in [6.45, 7) is -1.39. The monoisotopic (exact) mass is 424 g/mol. The summed E-state index contributed by atoms with van der Waals surface area (Å²) in [5.41, 5.74) is -0.258. The molecule has 12 heteroatoms. The van der Waals surface area contributed by atoms with Gasteiger partial charge in [-0.3, -0.25) is 9.59 Å². The molecule has 2 heterocycles. The summed E-state index contributed by atoms with van der Waals surface area (Å²) in [5.74, 6) is -0.142. The van der Waals surface area contributed by atoms with Gasteiger partial charge in [0.15, 0.2) is 11.6 Å². The van der Waals surface area contributed by atoms with Crippen LogP contribution < -0.4 is 15.6 Å². The minimum Gasteiger partial charge on any atom is -0.435 e. The van der Waals surface area contributed by atoms with Gasteiger partial charge < -0.3 is 10.1 Å². The summed E-state index contributed by atoms with van der Waals surface area (Å²) in [4.78, 5) is 28.2. The predicted molar refractivity (Wildman–Crippen MR) is 98.4 cm³/mol. The molecule has 0 spiro atoms. The van der Waals surface area contributed by atoms with Gasteiger partial charge in [0.25, 0.3) is 11.5 Å². The molecule has 152 valence electrons. The van der Waals surface area contributed by atoms with Crippen molar-refractivity contribution in [2.75, 3.05) is 0 Å². The average molecular weight is 425 g/mol. The first-order valence-electron chi connectivity index (χ1n) is 8.25. The Morgan fingerprint density at radius 2 is 2.03 bits per heavy atom. The van der Waals surface area contributed by atoms with Gasteiger partial charge in [-0.2, -0.15) is 18.6 Å². The first-order chi connectivity index (χ1) is 13.7. The molecular weight excluding hydrogens is 410 g/mol. The molecule has 0 bridgehead atoms. The van der Waals surface area contributed by atoms with Crippen LogP contribution >= 0.6 is 11.6 Å². The van der Waals surface area contributed by atoms with Gasteiger partial charge in [-0.25, -0.2) is 9.67 Å². The zero-order valence-corrected chi connectivity index (χ0v) is 16.0. The van der Waals surface area contributed by atoms with Crippen molar-refractivity contribution in [3.8, 4) is 11.6 Å². The van der Waals surface area contributed by atoms with Crippen LogP contribution in [0.3, 0.4) is 0 Å². The maximum absolute atomic E-state index is 12.6. The Kier molecular flexibility index (Phi) is 5.87. The van der Waals surface area contributed by atoms with Crippen LogP contribution in [0.15, 0.2) is 41.5 Å². The lowest BCUT2D eigenvalue weighted by molar-refractivity contribution is -0.0498. The van der Waals surface area contributed by atoms with Crippen molar-refractivity contribution in [1.82, 2.24) is 29.9 Å². The fourth-order valence-corrected chi connectivity index (χ4v) is 2.76. The van der Waals surface area contributed by atoms with Crippen LogP contribution in [0.2, 0.25) is 5.02 Å². The highest BCUT2D eigenvalue weighted by Crippen LogP contribution is 2.23. The Bertz CT molecular complexity index is 1100. The van der Waals surface area contributed by atoms with E-state index in [4.69, 9.17) is 11.6 Å². The molecule has 0 unspecified atom stereocenters. The maximum atomic E-state index is 12.6. The molecule has 1 amide bonds. The number of rotatable bonds is 6. The molecule has 3 rings (SSSR count). The standard InChI is InChI=1S/C17H15ClF2N6O3/c1-9(15-21-8-22-26(15)13-3-4-14(27)25(2)24-13)23-16(28)10-5-11(18)7-12(6-10)29-17(19)20/h3-9,17H,1-2H3,(H,23,28)/t9-/m0/s1. The second-order valence-electron chi connectivity index (χ2n) is 5.93. The number of alkyl halides is 2. The average Bonchev–Trinajstić information content (AvgIpc) is 3.12. The van der Waals surface area contributed by atoms with Crippen LogP contribution in [0.1, 0.15) is 29.1 Å². The number of nitrogens with one attached hydrogen (secondary N) is 1. The zero-order valence-electron chi connectivity index (χ0n) is 15.2. The lowest BCUT2D eigenvalue weighted by Gasteiger charge is -2.15. The minimum atomic E-state index is -3.05. The van der Waals surface area contributed by atoms with E-state index in [0.717, 1.165) is 10.7 Å². The second-order valence-corrected chi connectivity index (χ2v) is 6.37. The molecule has 0 aliphatic heterocycles. The third kappa shape index (κ3) is 4.74. The Balaban J connectivity index is 1.83. The van der Waals surface area contributed by atoms with Gasteiger partial charge in [0.05, 0.1) is 6.04 Å². The lowest BCUT2D eigenvalue weighted by atomic mass is 10.2. The highest BCUT2D eigenvalue weighted by Gasteiger charge is 2.19. The fourth-order valence-electron chi connectivity index (χ4n) is 2.53. The van der Waals surface area contributed by atoms with Crippen LogP contribution in [-0.4, -0.2) is 37.1 Å². The molecule has 9 nitrogen and oxygen atoms in total. The van der Waals surface area contributed by atoms with E-state index >= 15 is 0 Å². The molecular formula is C17H15ClF2N6O3.